The normalized spacial score (nSPS) is 27.5. The summed E-state index contributed by atoms with van der Waals surface area (Å²) >= 11 is 0. The number of aliphatic hydroxyl groups is 1. The Morgan fingerprint density at radius 1 is 1.50 bits per heavy atom. The Balaban J connectivity index is 2.44. The van der Waals surface area contributed by atoms with Crippen LogP contribution in [0.3, 0.4) is 0 Å². The molecule has 0 amide bonds. The number of likely N-dealkylation sites (N-methyl/N-ethyl adjacent to an activating group) is 1. The summed E-state index contributed by atoms with van der Waals surface area (Å²) in [6.07, 6.45) is 0. The zero-order valence-electron chi connectivity index (χ0n) is 7.77. The highest BCUT2D eigenvalue weighted by Crippen LogP contribution is 2.07. The summed E-state index contributed by atoms with van der Waals surface area (Å²) < 4.78 is 0. The first-order chi connectivity index (χ1) is 5.65. The van der Waals surface area contributed by atoms with E-state index in [2.05, 4.69) is 4.90 Å². The van der Waals surface area contributed by atoms with Gasteiger partial charge in [-0.05, 0) is 13.9 Å². The molecule has 2 N–H and O–H groups in total. The number of aliphatic hydroxyl groups excluding tert-OH is 1. The van der Waals surface area contributed by atoms with Gasteiger partial charge in [0.25, 0.3) is 0 Å². The second-order valence-electron chi connectivity index (χ2n) is 3.44. The standard InChI is InChI=1S/C7H17BN2O2/c1-8(12)10-4-3-9(2)7(5-10)6-11/h7,11-12H,3-6H2,1-2H3/t7-/m1/s1. The molecule has 1 fully saturated rings. The van der Waals surface area contributed by atoms with Gasteiger partial charge < -0.3 is 14.9 Å². The van der Waals surface area contributed by atoms with Crippen molar-refractivity contribution in [2.75, 3.05) is 33.3 Å². The van der Waals surface area contributed by atoms with E-state index in [9.17, 15) is 5.02 Å². The Kier molecular flexibility index (Phi) is 3.52. The fraction of sp³-hybridized carbons (Fsp3) is 1.00. The Morgan fingerprint density at radius 2 is 2.17 bits per heavy atom. The van der Waals surface area contributed by atoms with Crippen molar-refractivity contribution in [2.24, 2.45) is 0 Å². The van der Waals surface area contributed by atoms with Crippen molar-refractivity contribution in [1.29, 1.82) is 0 Å². The minimum absolute atomic E-state index is 0.166. The molecule has 0 aliphatic carbocycles. The molecule has 0 aromatic heterocycles. The van der Waals surface area contributed by atoms with Crippen molar-refractivity contribution < 1.29 is 10.1 Å². The van der Waals surface area contributed by atoms with Crippen molar-refractivity contribution in [1.82, 2.24) is 9.71 Å². The zero-order valence-corrected chi connectivity index (χ0v) is 7.77. The van der Waals surface area contributed by atoms with Crippen molar-refractivity contribution >= 4 is 7.05 Å². The molecule has 0 radical (unpaired) electrons. The van der Waals surface area contributed by atoms with Crippen LogP contribution in [0, 0.1) is 0 Å². The first-order valence-electron chi connectivity index (χ1n) is 4.38. The predicted octanol–water partition coefficient (Wildman–Crippen LogP) is -1.29. The number of piperazine rings is 1. The molecule has 12 heavy (non-hydrogen) atoms. The molecule has 1 aliphatic heterocycles. The first-order valence-corrected chi connectivity index (χ1v) is 4.38. The molecule has 70 valence electrons. The molecule has 1 atom stereocenters. The van der Waals surface area contributed by atoms with E-state index in [0.29, 0.717) is 0 Å². The molecule has 1 heterocycles. The number of nitrogens with zero attached hydrogens (tertiary/aromatic N) is 2. The number of rotatable bonds is 2. The van der Waals surface area contributed by atoms with Crippen LogP contribution in [0.4, 0.5) is 0 Å². The van der Waals surface area contributed by atoms with Crippen LogP contribution in [0.1, 0.15) is 0 Å². The van der Waals surface area contributed by atoms with E-state index in [-0.39, 0.29) is 12.6 Å². The maximum atomic E-state index is 9.30. The lowest BCUT2D eigenvalue weighted by molar-refractivity contribution is 0.0854. The Labute approximate surface area is 73.9 Å². The third-order valence-electron chi connectivity index (χ3n) is 2.55. The molecule has 0 aromatic rings. The van der Waals surface area contributed by atoms with E-state index in [4.69, 9.17) is 5.11 Å². The van der Waals surface area contributed by atoms with Crippen LogP contribution in [-0.2, 0) is 0 Å². The molecule has 0 bridgehead atoms. The van der Waals surface area contributed by atoms with Gasteiger partial charge in [0.15, 0.2) is 0 Å². The lowest BCUT2D eigenvalue weighted by atomic mass is 9.83. The minimum Gasteiger partial charge on any atom is -0.437 e. The van der Waals surface area contributed by atoms with Crippen molar-refractivity contribution in [3.05, 3.63) is 0 Å². The second-order valence-corrected chi connectivity index (χ2v) is 3.44. The molecular weight excluding hydrogens is 155 g/mol. The van der Waals surface area contributed by atoms with E-state index < -0.39 is 7.05 Å². The van der Waals surface area contributed by atoms with E-state index >= 15 is 0 Å². The topological polar surface area (TPSA) is 46.9 Å². The molecule has 5 heteroatoms. The minimum atomic E-state index is -0.396. The monoisotopic (exact) mass is 172 g/mol. The van der Waals surface area contributed by atoms with E-state index in [1.54, 1.807) is 6.82 Å². The summed E-state index contributed by atoms with van der Waals surface area (Å²) in [5.41, 5.74) is 0. The highest BCUT2D eigenvalue weighted by Gasteiger charge is 2.27. The first kappa shape index (κ1) is 9.99. The maximum absolute atomic E-state index is 9.30. The lowest BCUT2D eigenvalue weighted by Crippen LogP contribution is -2.56. The third-order valence-corrected chi connectivity index (χ3v) is 2.55. The quantitative estimate of drug-likeness (QED) is 0.508. The van der Waals surface area contributed by atoms with Gasteiger partial charge in [0.1, 0.15) is 0 Å². The highest BCUT2D eigenvalue weighted by atomic mass is 16.3. The number of hydrogen-bond acceptors (Lipinski definition) is 4. The van der Waals surface area contributed by atoms with E-state index in [1.807, 2.05) is 11.9 Å². The SMILES string of the molecule is CB(O)N1CCN(C)[C@@H](CO)C1. The van der Waals surface area contributed by atoms with Gasteiger partial charge in [0, 0.05) is 25.7 Å². The molecule has 0 spiro atoms. The highest BCUT2D eigenvalue weighted by molar-refractivity contribution is 6.45. The van der Waals surface area contributed by atoms with Crippen molar-refractivity contribution in [3.63, 3.8) is 0 Å². The van der Waals surface area contributed by atoms with Crippen molar-refractivity contribution in [2.45, 2.75) is 12.9 Å². The van der Waals surface area contributed by atoms with Crippen LogP contribution in [-0.4, -0.2) is 66.2 Å². The average molecular weight is 172 g/mol. The summed E-state index contributed by atoms with van der Waals surface area (Å²) in [5, 5.41) is 18.3. The van der Waals surface area contributed by atoms with Gasteiger partial charge in [-0.2, -0.15) is 0 Å². The van der Waals surface area contributed by atoms with E-state index in [0.717, 1.165) is 19.6 Å². The van der Waals surface area contributed by atoms with Crippen molar-refractivity contribution in [3.8, 4) is 0 Å². The van der Waals surface area contributed by atoms with Crippen LogP contribution in [0.5, 0.6) is 0 Å². The fourth-order valence-corrected chi connectivity index (χ4v) is 1.51. The summed E-state index contributed by atoms with van der Waals surface area (Å²) in [4.78, 5) is 4.10. The predicted molar refractivity (Wildman–Crippen MR) is 48.9 cm³/mol. The summed E-state index contributed by atoms with van der Waals surface area (Å²) in [5.74, 6) is 0. The Hall–Kier alpha value is -0.0951. The van der Waals surface area contributed by atoms with E-state index in [1.165, 1.54) is 0 Å². The lowest BCUT2D eigenvalue weighted by Gasteiger charge is -2.39. The molecule has 4 nitrogen and oxygen atoms in total. The van der Waals surface area contributed by atoms with Gasteiger partial charge >= 0.3 is 7.05 Å². The molecule has 0 unspecified atom stereocenters. The Morgan fingerprint density at radius 3 is 2.67 bits per heavy atom. The summed E-state index contributed by atoms with van der Waals surface area (Å²) in [6, 6.07) is 0.174. The molecule has 0 saturated carbocycles. The Bertz CT molecular complexity index is 145. The van der Waals surface area contributed by atoms with Crippen LogP contribution in [0.15, 0.2) is 0 Å². The number of hydrogen-bond donors (Lipinski definition) is 2. The summed E-state index contributed by atoms with van der Waals surface area (Å²) in [7, 11) is 1.60. The average Bonchev–Trinajstić information content (AvgIpc) is 2.05. The second kappa shape index (κ2) is 4.23. The molecule has 1 rings (SSSR count). The largest absolute Gasteiger partial charge is 0.437 e. The van der Waals surface area contributed by atoms with Gasteiger partial charge in [-0.1, -0.05) is 0 Å². The van der Waals surface area contributed by atoms with Crippen LogP contribution in [0.2, 0.25) is 6.82 Å². The van der Waals surface area contributed by atoms with Crippen LogP contribution < -0.4 is 0 Å². The van der Waals surface area contributed by atoms with Crippen LogP contribution in [0.25, 0.3) is 0 Å². The molecule has 1 saturated heterocycles. The smallest absolute Gasteiger partial charge is 0.376 e. The zero-order chi connectivity index (χ0) is 9.14. The van der Waals surface area contributed by atoms with Crippen LogP contribution >= 0.6 is 0 Å². The van der Waals surface area contributed by atoms with Gasteiger partial charge in [0.2, 0.25) is 0 Å². The van der Waals surface area contributed by atoms with Gasteiger partial charge in [-0.15, -0.1) is 0 Å². The van der Waals surface area contributed by atoms with Gasteiger partial charge in [0.05, 0.1) is 6.61 Å². The fourth-order valence-electron chi connectivity index (χ4n) is 1.51. The molecule has 1 aliphatic rings. The molecular formula is C7H17BN2O2. The summed E-state index contributed by atoms with van der Waals surface area (Å²) in [6.45, 7) is 4.48. The van der Waals surface area contributed by atoms with Gasteiger partial charge in [-0.25, -0.2) is 0 Å². The maximum Gasteiger partial charge on any atom is 0.376 e. The molecule has 0 aromatic carbocycles. The third kappa shape index (κ3) is 2.20. The van der Waals surface area contributed by atoms with Gasteiger partial charge in [-0.3, -0.25) is 4.90 Å².